The number of aliphatic hydroxyl groups excluding tert-OH is 1. The van der Waals surface area contributed by atoms with Crippen LogP contribution >= 0.6 is 0 Å². The molecule has 0 atom stereocenters. The van der Waals surface area contributed by atoms with Gasteiger partial charge in [-0.15, -0.1) is 0 Å². The van der Waals surface area contributed by atoms with E-state index in [0.29, 0.717) is 0 Å². The van der Waals surface area contributed by atoms with Crippen molar-refractivity contribution in [1.82, 2.24) is 0 Å². The topological polar surface area (TPSA) is 29.5 Å². The van der Waals surface area contributed by atoms with Crippen molar-refractivity contribution in [2.45, 2.75) is 26.4 Å². The van der Waals surface area contributed by atoms with Gasteiger partial charge in [-0.3, -0.25) is 0 Å². The molecule has 0 amide bonds. The number of hydrogen-bond donors (Lipinski definition) is 1. The van der Waals surface area contributed by atoms with Gasteiger partial charge in [0.05, 0.1) is 18.1 Å². The number of hydrogen-bond acceptors (Lipinski definition) is 2. The van der Waals surface area contributed by atoms with Crippen LogP contribution in [0, 0.1) is 0 Å². The SMILES string of the molecule is CC(C)(C)OC=Cc1ccccc1.OC=Cc1ccccc1. The molecule has 2 heteroatoms. The van der Waals surface area contributed by atoms with Gasteiger partial charge in [-0.2, -0.15) is 0 Å². The first-order chi connectivity index (χ1) is 10.5. The zero-order valence-electron chi connectivity index (χ0n) is 13.4. The van der Waals surface area contributed by atoms with Crippen LogP contribution in [0.1, 0.15) is 31.9 Å². The standard InChI is InChI=1S/C12H16O.C8H8O/c1-12(2,3)13-10-9-11-7-5-4-6-8-11;9-7-6-8-4-2-1-3-5-8/h4-10H,1-3H3;1-7,9H. The Morgan fingerprint density at radius 1 is 0.773 bits per heavy atom. The van der Waals surface area contributed by atoms with E-state index in [9.17, 15) is 0 Å². The molecule has 116 valence electrons. The van der Waals surface area contributed by atoms with Gasteiger partial charge in [0.1, 0.15) is 0 Å². The molecule has 0 bridgehead atoms. The Morgan fingerprint density at radius 3 is 1.64 bits per heavy atom. The predicted octanol–water partition coefficient (Wildman–Crippen LogP) is 5.69. The third-order valence-electron chi connectivity index (χ3n) is 2.55. The van der Waals surface area contributed by atoms with Crippen LogP contribution in [0.25, 0.3) is 12.2 Å². The molecule has 0 spiro atoms. The van der Waals surface area contributed by atoms with E-state index in [2.05, 4.69) is 0 Å². The lowest BCUT2D eigenvalue weighted by Gasteiger charge is -2.17. The Morgan fingerprint density at radius 2 is 1.23 bits per heavy atom. The summed E-state index contributed by atoms with van der Waals surface area (Å²) in [5, 5.41) is 8.34. The molecule has 0 aliphatic carbocycles. The fraction of sp³-hybridized carbons (Fsp3) is 0.200. The molecule has 2 aromatic carbocycles. The van der Waals surface area contributed by atoms with Gasteiger partial charge in [0.15, 0.2) is 0 Å². The molecular weight excluding hydrogens is 272 g/mol. The van der Waals surface area contributed by atoms with Gasteiger partial charge in [-0.1, -0.05) is 60.7 Å². The second-order valence-electron chi connectivity index (χ2n) is 5.67. The average Bonchev–Trinajstić information content (AvgIpc) is 2.49. The van der Waals surface area contributed by atoms with Gasteiger partial charge in [0.25, 0.3) is 0 Å². The fourth-order valence-corrected chi connectivity index (χ4v) is 1.53. The lowest BCUT2D eigenvalue weighted by atomic mass is 10.2. The maximum atomic E-state index is 8.34. The fourth-order valence-electron chi connectivity index (χ4n) is 1.53. The van der Waals surface area contributed by atoms with Gasteiger partial charge in [0.2, 0.25) is 0 Å². The third kappa shape index (κ3) is 8.64. The molecule has 2 nitrogen and oxygen atoms in total. The molecule has 1 N–H and O–H groups in total. The van der Waals surface area contributed by atoms with Crippen LogP contribution in [0.15, 0.2) is 73.2 Å². The summed E-state index contributed by atoms with van der Waals surface area (Å²) < 4.78 is 5.45. The summed E-state index contributed by atoms with van der Waals surface area (Å²) in [4.78, 5) is 0. The van der Waals surface area contributed by atoms with E-state index < -0.39 is 0 Å². The maximum absolute atomic E-state index is 8.34. The molecule has 0 heterocycles. The first-order valence-corrected chi connectivity index (χ1v) is 7.26. The monoisotopic (exact) mass is 296 g/mol. The molecule has 0 aromatic heterocycles. The van der Waals surface area contributed by atoms with Crippen molar-refractivity contribution in [3.63, 3.8) is 0 Å². The van der Waals surface area contributed by atoms with Crippen LogP contribution < -0.4 is 0 Å². The van der Waals surface area contributed by atoms with Crippen molar-refractivity contribution in [3.05, 3.63) is 84.3 Å². The molecule has 0 radical (unpaired) electrons. The average molecular weight is 296 g/mol. The largest absolute Gasteiger partial charge is 0.516 e. The van der Waals surface area contributed by atoms with Crippen molar-refractivity contribution in [2.24, 2.45) is 0 Å². The summed E-state index contributed by atoms with van der Waals surface area (Å²) in [6.45, 7) is 6.09. The molecule has 0 aliphatic heterocycles. The maximum Gasteiger partial charge on any atom is 0.0998 e. The van der Waals surface area contributed by atoms with Crippen molar-refractivity contribution < 1.29 is 9.84 Å². The number of rotatable bonds is 3. The zero-order valence-corrected chi connectivity index (χ0v) is 13.4. The number of benzene rings is 2. The molecule has 0 aliphatic rings. The highest BCUT2D eigenvalue weighted by atomic mass is 16.5. The normalized spacial score (nSPS) is 11.2. The van der Waals surface area contributed by atoms with E-state index in [1.54, 1.807) is 12.3 Å². The van der Waals surface area contributed by atoms with Crippen molar-refractivity contribution in [3.8, 4) is 0 Å². The van der Waals surface area contributed by atoms with Crippen molar-refractivity contribution in [1.29, 1.82) is 0 Å². The first-order valence-electron chi connectivity index (χ1n) is 7.26. The van der Waals surface area contributed by atoms with Crippen LogP contribution in [0.5, 0.6) is 0 Å². The Kier molecular flexibility index (Phi) is 7.55. The van der Waals surface area contributed by atoms with E-state index in [4.69, 9.17) is 9.84 Å². The van der Waals surface area contributed by atoms with E-state index in [1.807, 2.05) is 87.5 Å². The number of ether oxygens (including phenoxy) is 1. The highest BCUT2D eigenvalue weighted by molar-refractivity contribution is 5.47. The first kappa shape index (κ1) is 17.6. The summed E-state index contributed by atoms with van der Waals surface area (Å²) in [6.07, 6.45) is 6.38. The van der Waals surface area contributed by atoms with E-state index in [-0.39, 0.29) is 5.60 Å². The van der Waals surface area contributed by atoms with E-state index in [0.717, 1.165) is 17.4 Å². The molecule has 2 aromatic rings. The summed E-state index contributed by atoms with van der Waals surface area (Å²) in [7, 11) is 0. The highest BCUT2D eigenvalue weighted by Gasteiger charge is 2.06. The van der Waals surface area contributed by atoms with Crippen LogP contribution in [0.2, 0.25) is 0 Å². The van der Waals surface area contributed by atoms with Gasteiger partial charge in [0, 0.05) is 0 Å². The predicted molar refractivity (Wildman–Crippen MR) is 94.4 cm³/mol. The summed E-state index contributed by atoms with van der Waals surface area (Å²) in [6, 6.07) is 19.7. The Bertz CT molecular complexity index is 564. The second-order valence-corrected chi connectivity index (χ2v) is 5.67. The van der Waals surface area contributed by atoms with Crippen molar-refractivity contribution in [2.75, 3.05) is 0 Å². The lowest BCUT2D eigenvalue weighted by molar-refractivity contribution is 0.0783. The zero-order chi connectivity index (χ0) is 16.3. The number of aliphatic hydroxyl groups is 1. The second kappa shape index (κ2) is 9.46. The van der Waals surface area contributed by atoms with Crippen LogP contribution in [0.4, 0.5) is 0 Å². The summed E-state index contributed by atoms with van der Waals surface area (Å²) in [5.41, 5.74) is 2.07. The Hall–Kier alpha value is -2.48. The molecule has 0 unspecified atom stereocenters. The summed E-state index contributed by atoms with van der Waals surface area (Å²) >= 11 is 0. The molecule has 0 fully saturated rings. The third-order valence-corrected chi connectivity index (χ3v) is 2.55. The Labute approximate surface area is 133 Å². The summed E-state index contributed by atoms with van der Waals surface area (Å²) in [5.74, 6) is 0. The van der Waals surface area contributed by atoms with Gasteiger partial charge in [-0.05, 0) is 44.1 Å². The van der Waals surface area contributed by atoms with Gasteiger partial charge >= 0.3 is 0 Å². The Balaban J connectivity index is 0.000000235. The van der Waals surface area contributed by atoms with Crippen LogP contribution in [-0.4, -0.2) is 10.7 Å². The molecular formula is C20H24O2. The molecule has 0 saturated heterocycles. The van der Waals surface area contributed by atoms with E-state index in [1.165, 1.54) is 0 Å². The van der Waals surface area contributed by atoms with E-state index >= 15 is 0 Å². The minimum Gasteiger partial charge on any atom is -0.516 e. The lowest BCUT2D eigenvalue weighted by Crippen LogP contribution is -2.15. The molecule has 22 heavy (non-hydrogen) atoms. The minimum atomic E-state index is -0.106. The van der Waals surface area contributed by atoms with Crippen LogP contribution in [-0.2, 0) is 4.74 Å². The van der Waals surface area contributed by atoms with Gasteiger partial charge in [-0.25, -0.2) is 0 Å². The van der Waals surface area contributed by atoms with Crippen molar-refractivity contribution >= 4 is 12.2 Å². The molecule has 2 rings (SSSR count). The smallest absolute Gasteiger partial charge is 0.0998 e. The minimum absolute atomic E-state index is 0.106. The highest BCUT2D eigenvalue weighted by Crippen LogP contribution is 2.09. The van der Waals surface area contributed by atoms with Crippen LogP contribution in [0.3, 0.4) is 0 Å². The van der Waals surface area contributed by atoms with Gasteiger partial charge < -0.3 is 9.84 Å². The quantitative estimate of drug-likeness (QED) is 0.737. The molecule has 0 saturated carbocycles.